The lowest BCUT2D eigenvalue weighted by Gasteiger charge is -2.40. The second-order valence-corrected chi connectivity index (χ2v) is 8.50. The Labute approximate surface area is 195 Å². The van der Waals surface area contributed by atoms with Crippen LogP contribution in [0.1, 0.15) is 12.7 Å². The number of nitrogens with zero attached hydrogens (tertiary/aromatic N) is 6. The van der Waals surface area contributed by atoms with Crippen molar-refractivity contribution in [3.63, 3.8) is 0 Å². The molecule has 1 fully saturated rings. The number of aromatic nitrogens is 4. The van der Waals surface area contributed by atoms with Gasteiger partial charge in [0.2, 0.25) is 5.95 Å². The third kappa shape index (κ3) is 4.05. The molecule has 1 atom stereocenters. The summed E-state index contributed by atoms with van der Waals surface area (Å²) < 4.78 is 7.28. The molecule has 9 nitrogen and oxygen atoms in total. The largest absolute Gasteiger partial charge is 0.377 e. The van der Waals surface area contributed by atoms with Gasteiger partial charge in [-0.15, -0.1) is 10.2 Å². The van der Waals surface area contributed by atoms with E-state index in [4.69, 9.17) is 21.3 Å². The SMILES string of the molecule is COCc1nnc2c3ccc(Cl)cc3nc(N3CCN(C(=O)Nc4ccccc4)C(C)C3)n12. The van der Waals surface area contributed by atoms with Crippen LogP contribution in [0.3, 0.4) is 0 Å². The van der Waals surface area contributed by atoms with Crippen LogP contribution in [-0.4, -0.2) is 63.3 Å². The highest BCUT2D eigenvalue weighted by atomic mass is 35.5. The number of amides is 2. The number of urea groups is 1. The Hall–Kier alpha value is -3.43. The molecule has 0 bridgehead atoms. The van der Waals surface area contributed by atoms with E-state index in [-0.39, 0.29) is 12.1 Å². The van der Waals surface area contributed by atoms with E-state index in [9.17, 15) is 4.79 Å². The molecule has 1 aliphatic heterocycles. The molecule has 3 heterocycles. The van der Waals surface area contributed by atoms with Gasteiger partial charge in [-0.05, 0) is 37.3 Å². The maximum absolute atomic E-state index is 12.9. The number of para-hydroxylation sites is 1. The Morgan fingerprint density at radius 2 is 2.00 bits per heavy atom. The summed E-state index contributed by atoms with van der Waals surface area (Å²) in [6, 6.07) is 14.9. The number of ether oxygens (including phenoxy) is 1. The maximum Gasteiger partial charge on any atom is 0.322 e. The number of hydrogen-bond acceptors (Lipinski definition) is 6. The predicted molar refractivity (Wildman–Crippen MR) is 128 cm³/mol. The van der Waals surface area contributed by atoms with Crippen LogP contribution in [0.15, 0.2) is 48.5 Å². The lowest BCUT2D eigenvalue weighted by atomic mass is 10.2. The molecule has 4 aromatic rings. The molecule has 2 amide bonds. The van der Waals surface area contributed by atoms with E-state index in [0.717, 1.165) is 16.6 Å². The Kier molecular flexibility index (Phi) is 5.74. The molecule has 1 saturated heterocycles. The first-order valence-corrected chi connectivity index (χ1v) is 11.1. The highest BCUT2D eigenvalue weighted by molar-refractivity contribution is 6.31. The fraction of sp³-hybridized carbons (Fsp3) is 0.304. The Balaban J connectivity index is 1.46. The highest BCUT2D eigenvalue weighted by Crippen LogP contribution is 2.28. The first kappa shape index (κ1) is 21.4. The minimum Gasteiger partial charge on any atom is -0.377 e. The summed E-state index contributed by atoms with van der Waals surface area (Å²) in [5, 5.41) is 13.2. The zero-order chi connectivity index (χ0) is 22.9. The van der Waals surface area contributed by atoms with E-state index in [2.05, 4.69) is 20.4 Å². The Bertz CT molecular complexity index is 1310. The third-order valence-electron chi connectivity index (χ3n) is 5.82. The quantitative estimate of drug-likeness (QED) is 0.493. The van der Waals surface area contributed by atoms with E-state index in [1.807, 2.05) is 64.8 Å². The highest BCUT2D eigenvalue weighted by Gasteiger charge is 2.30. The number of halogens is 1. The molecule has 0 radical (unpaired) electrons. The van der Waals surface area contributed by atoms with E-state index >= 15 is 0 Å². The molecular weight excluding hydrogens is 442 g/mol. The van der Waals surface area contributed by atoms with Crippen molar-refractivity contribution in [2.24, 2.45) is 0 Å². The van der Waals surface area contributed by atoms with Gasteiger partial charge < -0.3 is 19.9 Å². The van der Waals surface area contributed by atoms with Crippen LogP contribution in [0.4, 0.5) is 16.4 Å². The van der Waals surface area contributed by atoms with Gasteiger partial charge in [0.25, 0.3) is 0 Å². The molecule has 33 heavy (non-hydrogen) atoms. The molecule has 1 aliphatic rings. The molecule has 5 rings (SSSR count). The summed E-state index contributed by atoms with van der Waals surface area (Å²) in [5.41, 5.74) is 2.23. The van der Waals surface area contributed by atoms with Crippen molar-refractivity contribution >= 4 is 45.8 Å². The summed E-state index contributed by atoms with van der Waals surface area (Å²) in [6.45, 7) is 4.13. The van der Waals surface area contributed by atoms with E-state index < -0.39 is 0 Å². The van der Waals surface area contributed by atoms with Gasteiger partial charge in [0, 0.05) is 48.9 Å². The number of methoxy groups -OCH3 is 1. The van der Waals surface area contributed by atoms with Gasteiger partial charge >= 0.3 is 6.03 Å². The smallest absolute Gasteiger partial charge is 0.322 e. The van der Waals surface area contributed by atoms with Gasteiger partial charge in [0.15, 0.2) is 11.5 Å². The van der Waals surface area contributed by atoms with Crippen molar-refractivity contribution in [3.05, 3.63) is 59.4 Å². The minimum atomic E-state index is -0.110. The average molecular weight is 466 g/mol. The molecule has 10 heteroatoms. The standard InChI is InChI=1S/C23H24ClN7O2/c1-15-13-29(10-11-30(15)23(32)25-17-6-4-3-5-7-17)22-26-19-12-16(24)8-9-18(19)21-28-27-20(14-33-2)31(21)22/h3-9,12,15H,10-11,13-14H2,1-2H3,(H,25,32). The van der Waals surface area contributed by atoms with Crippen LogP contribution in [0, 0.1) is 0 Å². The van der Waals surface area contributed by atoms with E-state index in [0.29, 0.717) is 48.7 Å². The topological polar surface area (TPSA) is 87.9 Å². The van der Waals surface area contributed by atoms with Crippen molar-refractivity contribution in [1.29, 1.82) is 0 Å². The molecule has 1 N–H and O–H groups in total. The first-order valence-electron chi connectivity index (χ1n) is 10.7. The van der Waals surface area contributed by atoms with Gasteiger partial charge in [0.1, 0.15) is 6.61 Å². The molecule has 2 aromatic heterocycles. The summed E-state index contributed by atoms with van der Waals surface area (Å²) in [4.78, 5) is 21.8. The molecule has 2 aromatic carbocycles. The predicted octanol–water partition coefficient (Wildman–Crippen LogP) is 3.82. The van der Waals surface area contributed by atoms with Gasteiger partial charge in [-0.2, -0.15) is 0 Å². The van der Waals surface area contributed by atoms with Gasteiger partial charge in [-0.25, -0.2) is 14.2 Å². The zero-order valence-corrected chi connectivity index (χ0v) is 19.2. The minimum absolute atomic E-state index is 0.0308. The van der Waals surface area contributed by atoms with Gasteiger partial charge in [0.05, 0.1) is 5.52 Å². The fourth-order valence-electron chi connectivity index (χ4n) is 4.24. The molecule has 0 spiro atoms. The van der Waals surface area contributed by atoms with Crippen LogP contribution >= 0.6 is 11.6 Å². The van der Waals surface area contributed by atoms with Gasteiger partial charge in [-0.3, -0.25) is 0 Å². The molecule has 170 valence electrons. The molecule has 0 aliphatic carbocycles. The molecule has 0 saturated carbocycles. The number of piperazine rings is 1. The second-order valence-electron chi connectivity index (χ2n) is 8.07. The number of carbonyl (C=O) groups is 1. The lowest BCUT2D eigenvalue weighted by Crippen LogP contribution is -2.55. The van der Waals surface area contributed by atoms with Crippen LogP contribution < -0.4 is 10.2 Å². The van der Waals surface area contributed by atoms with Crippen molar-refractivity contribution in [2.75, 3.05) is 37.0 Å². The third-order valence-corrected chi connectivity index (χ3v) is 6.06. The Morgan fingerprint density at radius 1 is 1.18 bits per heavy atom. The average Bonchev–Trinajstić information content (AvgIpc) is 3.23. The normalized spacial score (nSPS) is 16.5. The number of anilines is 2. The first-order chi connectivity index (χ1) is 16.0. The van der Waals surface area contributed by atoms with E-state index in [1.165, 1.54) is 0 Å². The van der Waals surface area contributed by atoms with Crippen LogP contribution in [0.5, 0.6) is 0 Å². The number of nitrogens with one attached hydrogen (secondary N) is 1. The van der Waals surface area contributed by atoms with Crippen LogP contribution in [-0.2, 0) is 11.3 Å². The summed E-state index contributed by atoms with van der Waals surface area (Å²) in [6.07, 6.45) is 0. The van der Waals surface area contributed by atoms with Crippen molar-refractivity contribution in [2.45, 2.75) is 19.6 Å². The van der Waals surface area contributed by atoms with Crippen LogP contribution in [0.2, 0.25) is 5.02 Å². The van der Waals surface area contributed by atoms with Crippen molar-refractivity contribution in [1.82, 2.24) is 24.5 Å². The maximum atomic E-state index is 12.9. The fourth-order valence-corrected chi connectivity index (χ4v) is 4.40. The summed E-state index contributed by atoms with van der Waals surface area (Å²) in [7, 11) is 1.63. The number of fused-ring (bicyclic) bond motifs is 3. The monoisotopic (exact) mass is 465 g/mol. The Morgan fingerprint density at radius 3 is 2.76 bits per heavy atom. The molecule has 1 unspecified atom stereocenters. The number of rotatable bonds is 4. The number of benzene rings is 2. The lowest BCUT2D eigenvalue weighted by molar-refractivity contribution is 0.176. The van der Waals surface area contributed by atoms with Crippen molar-refractivity contribution in [3.8, 4) is 0 Å². The second kappa shape index (κ2) is 8.84. The summed E-state index contributed by atoms with van der Waals surface area (Å²) in [5.74, 6) is 1.38. The molecular formula is C23H24ClN7O2. The van der Waals surface area contributed by atoms with E-state index in [1.54, 1.807) is 7.11 Å². The summed E-state index contributed by atoms with van der Waals surface area (Å²) >= 11 is 6.24. The van der Waals surface area contributed by atoms with Crippen molar-refractivity contribution < 1.29 is 9.53 Å². The van der Waals surface area contributed by atoms with Crippen LogP contribution in [0.25, 0.3) is 16.6 Å². The number of hydrogen-bond donors (Lipinski definition) is 1. The zero-order valence-electron chi connectivity index (χ0n) is 18.4. The van der Waals surface area contributed by atoms with Gasteiger partial charge in [-0.1, -0.05) is 29.8 Å². The number of carbonyl (C=O) groups excluding carboxylic acids is 1.